The standard InChI is InChI=1S/C19H17ClN2O3S2/c20-15-3-1-5-18(12-15)27(24,25)22-16-8-6-14(7-9-16)11-19(23)21-13-17-4-2-10-26-17/h1-10,12,22H,11,13H2,(H,21,23). The van der Waals surface area contributed by atoms with Gasteiger partial charge in [0.2, 0.25) is 5.91 Å². The van der Waals surface area contributed by atoms with Gasteiger partial charge in [-0.1, -0.05) is 35.9 Å². The minimum atomic E-state index is -3.72. The van der Waals surface area contributed by atoms with Crippen molar-refractivity contribution < 1.29 is 13.2 Å². The molecule has 0 aliphatic heterocycles. The predicted molar refractivity (Wildman–Crippen MR) is 109 cm³/mol. The van der Waals surface area contributed by atoms with Crippen LogP contribution in [0.2, 0.25) is 5.02 Å². The van der Waals surface area contributed by atoms with Gasteiger partial charge in [-0.2, -0.15) is 0 Å². The van der Waals surface area contributed by atoms with Crippen molar-refractivity contribution in [2.75, 3.05) is 4.72 Å². The summed E-state index contributed by atoms with van der Waals surface area (Å²) in [6.45, 7) is 0.508. The van der Waals surface area contributed by atoms with E-state index in [0.717, 1.165) is 10.4 Å². The van der Waals surface area contributed by atoms with Crippen LogP contribution in [0, 0.1) is 0 Å². The third kappa shape index (κ3) is 5.56. The maximum atomic E-state index is 12.4. The maximum absolute atomic E-state index is 12.4. The first kappa shape index (κ1) is 19.4. The van der Waals surface area contributed by atoms with E-state index in [2.05, 4.69) is 10.0 Å². The number of carbonyl (C=O) groups is 1. The van der Waals surface area contributed by atoms with Crippen LogP contribution in [0.1, 0.15) is 10.4 Å². The summed E-state index contributed by atoms with van der Waals surface area (Å²) < 4.78 is 27.3. The molecule has 0 atom stereocenters. The van der Waals surface area contributed by atoms with Crippen molar-refractivity contribution >= 4 is 44.6 Å². The zero-order valence-corrected chi connectivity index (χ0v) is 16.6. The first-order valence-electron chi connectivity index (χ1n) is 8.09. The second-order valence-corrected chi connectivity index (χ2v) is 8.94. The molecule has 2 N–H and O–H groups in total. The Balaban J connectivity index is 1.59. The Morgan fingerprint density at radius 1 is 1.04 bits per heavy atom. The summed E-state index contributed by atoms with van der Waals surface area (Å²) in [6.07, 6.45) is 0.229. The molecule has 0 saturated carbocycles. The largest absolute Gasteiger partial charge is 0.351 e. The number of hydrogen-bond acceptors (Lipinski definition) is 4. The summed E-state index contributed by atoms with van der Waals surface area (Å²) in [5.74, 6) is -0.0874. The van der Waals surface area contributed by atoms with E-state index in [9.17, 15) is 13.2 Å². The fourth-order valence-corrected chi connectivity index (χ4v) is 4.39. The summed E-state index contributed by atoms with van der Waals surface area (Å²) in [5.41, 5.74) is 1.21. The minimum absolute atomic E-state index is 0.0874. The highest BCUT2D eigenvalue weighted by molar-refractivity contribution is 7.92. The third-order valence-electron chi connectivity index (χ3n) is 3.72. The summed E-state index contributed by atoms with van der Waals surface area (Å²) in [4.78, 5) is 13.2. The van der Waals surface area contributed by atoms with E-state index >= 15 is 0 Å². The van der Waals surface area contributed by atoms with Gasteiger partial charge in [0.05, 0.1) is 17.9 Å². The number of hydrogen-bond donors (Lipinski definition) is 2. The van der Waals surface area contributed by atoms with Gasteiger partial charge in [-0.25, -0.2) is 8.42 Å². The molecule has 0 spiro atoms. The number of anilines is 1. The molecule has 0 unspecified atom stereocenters. The molecule has 3 rings (SSSR count). The Morgan fingerprint density at radius 2 is 1.81 bits per heavy atom. The molecule has 0 radical (unpaired) electrons. The lowest BCUT2D eigenvalue weighted by Crippen LogP contribution is -2.24. The van der Waals surface area contributed by atoms with Crippen LogP contribution < -0.4 is 10.0 Å². The fourth-order valence-electron chi connectivity index (χ4n) is 2.39. The second kappa shape index (κ2) is 8.56. The molecule has 1 heterocycles. The summed E-state index contributed by atoms with van der Waals surface area (Å²) >= 11 is 7.44. The van der Waals surface area contributed by atoms with Gasteiger partial charge < -0.3 is 5.32 Å². The van der Waals surface area contributed by atoms with E-state index in [4.69, 9.17) is 11.6 Å². The van der Waals surface area contributed by atoms with Crippen molar-refractivity contribution in [1.82, 2.24) is 5.32 Å². The number of benzene rings is 2. The second-order valence-electron chi connectivity index (χ2n) is 5.79. The molecule has 1 aromatic heterocycles. The topological polar surface area (TPSA) is 75.3 Å². The number of sulfonamides is 1. The zero-order chi connectivity index (χ0) is 19.3. The average molecular weight is 421 g/mol. The van der Waals surface area contributed by atoms with Crippen LogP contribution in [0.15, 0.2) is 70.9 Å². The fraction of sp³-hybridized carbons (Fsp3) is 0.105. The van der Waals surface area contributed by atoms with Crippen molar-refractivity contribution in [2.24, 2.45) is 0 Å². The van der Waals surface area contributed by atoms with Crippen molar-refractivity contribution in [3.05, 3.63) is 81.5 Å². The first-order valence-corrected chi connectivity index (χ1v) is 10.8. The number of amides is 1. The van der Waals surface area contributed by atoms with E-state index in [-0.39, 0.29) is 17.2 Å². The van der Waals surface area contributed by atoms with E-state index in [0.29, 0.717) is 17.3 Å². The highest BCUT2D eigenvalue weighted by atomic mass is 35.5. The zero-order valence-electron chi connectivity index (χ0n) is 14.2. The van der Waals surface area contributed by atoms with Crippen LogP contribution in [-0.4, -0.2) is 14.3 Å². The molecule has 0 aliphatic carbocycles. The molecule has 0 fully saturated rings. The molecular formula is C19H17ClN2O3S2. The predicted octanol–water partition coefficient (Wildman–Crippen LogP) is 4.06. The van der Waals surface area contributed by atoms with Crippen LogP contribution in [0.3, 0.4) is 0 Å². The van der Waals surface area contributed by atoms with Crippen molar-refractivity contribution in [3.8, 4) is 0 Å². The van der Waals surface area contributed by atoms with Crippen LogP contribution in [-0.2, 0) is 27.8 Å². The number of halogens is 1. The quantitative estimate of drug-likeness (QED) is 0.605. The molecule has 2 aromatic carbocycles. The summed E-state index contributed by atoms with van der Waals surface area (Å²) in [6, 6.07) is 16.7. The Labute approximate surface area is 167 Å². The SMILES string of the molecule is O=C(Cc1ccc(NS(=O)(=O)c2cccc(Cl)c2)cc1)NCc1cccs1. The lowest BCUT2D eigenvalue weighted by atomic mass is 10.1. The molecule has 1 amide bonds. The van der Waals surface area contributed by atoms with Gasteiger partial charge in [-0.3, -0.25) is 9.52 Å². The van der Waals surface area contributed by atoms with Gasteiger partial charge in [0, 0.05) is 15.6 Å². The number of rotatable bonds is 7. The van der Waals surface area contributed by atoms with Gasteiger partial charge in [-0.05, 0) is 47.3 Å². The van der Waals surface area contributed by atoms with Crippen molar-refractivity contribution in [3.63, 3.8) is 0 Å². The first-order chi connectivity index (χ1) is 12.9. The van der Waals surface area contributed by atoms with Crippen molar-refractivity contribution in [2.45, 2.75) is 17.9 Å². The lowest BCUT2D eigenvalue weighted by molar-refractivity contribution is -0.120. The Kier molecular flexibility index (Phi) is 6.15. The molecule has 140 valence electrons. The molecule has 0 aliphatic rings. The molecule has 5 nitrogen and oxygen atoms in total. The van der Waals surface area contributed by atoms with Gasteiger partial charge in [-0.15, -0.1) is 11.3 Å². The lowest BCUT2D eigenvalue weighted by Gasteiger charge is -2.09. The smallest absolute Gasteiger partial charge is 0.261 e. The normalized spacial score (nSPS) is 11.1. The van der Waals surface area contributed by atoms with Crippen LogP contribution >= 0.6 is 22.9 Å². The summed E-state index contributed by atoms with van der Waals surface area (Å²) in [7, 11) is -3.72. The van der Waals surface area contributed by atoms with E-state index in [1.54, 1.807) is 47.7 Å². The average Bonchev–Trinajstić information content (AvgIpc) is 3.15. The number of thiophene rings is 1. The van der Waals surface area contributed by atoms with Crippen LogP contribution in [0.4, 0.5) is 5.69 Å². The van der Waals surface area contributed by atoms with Crippen LogP contribution in [0.5, 0.6) is 0 Å². The summed E-state index contributed by atoms with van der Waals surface area (Å²) in [5, 5.41) is 5.17. The van der Waals surface area contributed by atoms with E-state index in [1.807, 2.05) is 17.5 Å². The van der Waals surface area contributed by atoms with Gasteiger partial charge in [0.15, 0.2) is 0 Å². The molecule has 0 bridgehead atoms. The monoisotopic (exact) mass is 420 g/mol. The Bertz CT molecular complexity index is 1020. The molecule has 0 saturated heterocycles. The van der Waals surface area contributed by atoms with E-state index < -0.39 is 10.0 Å². The number of carbonyl (C=O) groups excluding carboxylic acids is 1. The van der Waals surface area contributed by atoms with E-state index in [1.165, 1.54) is 12.1 Å². The maximum Gasteiger partial charge on any atom is 0.261 e. The number of nitrogens with one attached hydrogen (secondary N) is 2. The highest BCUT2D eigenvalue weighted by Gasteiger charge is 2.14. The Hall–Kier alpha value is -2.35. The minimum Gasteiger partial charge on any atom is -0.351 e. The molecular weight excluding hydrogens is 404 g/mol. The van der Waals surface area contributed by atoms with Gasteiger partial charge >= 0.3 is 0 Å². The molecule has 8 heteroatoms. The highest BCUT2D eigenvalue weighted by Crippen LogP contribution is 2.19. The van der Waals surface area contributed by atoms with Gasteiger partial charge in [0.25, 0.3) is 10.0 Å². The Morgan fingerprint density at radius 3 is 2.48 bits per heavy atom. The third-order valence-corrected chi connectivity index (χ3v) is 6.21. The van der Waals surface area contributed by atoms with Gasteiger partial charge in [0.1, 0.15) is 0 Å². The molecule has 27 heavy (non-hydrogen) atoms. The van der Waals surface area contributed by atoms with Crippen LogP contribution in [0.25, 0.3) is 0 Å². The molecule has 3 aromatic rings. The van der Waals surface area contributed by atoms with Crippen molar-refractivity contribution in [1.29, 1.82) is 0 Å².